The number of carbonyl (C=O) groups is 1. The average Bonchev–Trinajstić information content (AvgIpc) is 3.27. The van der Waals surface area contributed by atoms with Crippen molar-refractivity contribution in [2.24, 2.45) is 0 Å². The summed E-state index contributed by atoms with van der Waals surface area (Å²) in [7, 11) is -2.16. The first kappa shape index (κ1) is 23.3. The lowest BCUT2D eigenvalue weighted by Crippen LogP contribution is -2.27. The fraction of sp³-hybridized carbons (Fsp3) is 0.154. The van der Waals surface area contributed by atoms with Crippen LogP contribution < -0.4 is 4.72 Å². The minimum Gasteiger partial charge on any atom is -0.337 e. The molecular formula is C26H26N4O3S. The Morgan fingerprint density at radius 3 is 2.50 bits per heavy atom. The van der Waals surface area contributed by atoms with Crippen LogP contribution in [0.5, 0.6) is 0 Å². The van der Waals surface area contributed by atoms with E-state index in [0.717, 1.165) is 16.8 Å². The summed E-state index contributed by atoms with van der Waals surface area (Å²) in [4.78, 5) is 14.8. The molecule has 4 rings (SSSR count). The van der Waals surface area contributed by atoms with Crippen molar-refractivity contribution in [3.05, 3.63) is 107 Å². The fourth-order valence-corrected chi connectivity index (χ4v) is 4.71. The molecule has 0 fully saturated rings. The first-order chi connectivity index (χ1) is 16.2. The second kappa shape index (κ2) is 9.52. The number of hydrogen-bond donors (Lipinski definition) is 1. The number of anilines is 1. The quantitative estimate of drug-likeness (QED) is 0.426. The Morgan fingerprint density at radius 1 is 1.00 bits per heavy atom. The van der Waals surface area contributed by atoms with Crippen molar-refractivity contribution in [3.63, 3.8) is 0 Å². The molecule has 0 atom stereocenters. The highest BCUT2D eigenvalue weighted by molar-refractivity contribution is 7.92. The number of aromatic nitrogens is 2. The zero-order chi connectivity index (χ0) is 24.3. The van der Waals surface area contributed by atoms with Crippen molar-refractivity contribution in [3.8, 4) is 5.69 Å². The highest BCUT2D eigenvalue weighted by Crippen LogP contribution is 2.21. The van der Waals surface area contributed by atoms with Gasteiger partial charge in [-0.2, -0.15) is 5.10 Å². The van der Waals surface area contributed by atoms with Crippen LogP contribution in [0.25, 0.3) is 5.69 Å². The lowest BCUT2D eigenvalue weighted by molar-refractivity contribution is 0.0784. The molecule has 0 unspecified atom stereocenters. The maximum atomic E-state index is 13.2. The van der Waals surface area contributed by atoms with Crippen LogP contribution in [0, 0.1) is 13.8 Å². The topological polar surface area (TPSA) is 84.3 Å². The van der Waals surface area contributed by atoms with Gasteiger partial charge in [-0.25, -0.2) is 13.1 Å². The van der Waals surface area contributed by atoms with Crippen LogP contribution in [0.3, 0.4) is 0 Å². The van der Waals surface area contributed by atoms with Gasteiger partial charge in [-0.15, -0.1) is 0 Å². The number of benzene rings is 3. The van der Waals surface area contributed by atoms with Crippen LogP contribution in [-0.2, 0) is 16.6 Å². The molecule has 174 valence electrons. The van der Waals surface area contributed by atoms with Gasteiger partial charge >= 0.3 is 0 Å². The van der Waals surface area contributed by atoms with Crippen molar-refractivity contribution in [1.82, 2.24) is 14.7 Å². The molecule has 0 spiro atoms. The van der Waals surface area contributed by atoms with Crippen molar-refractivity contribution in [2.45, 2.75) is 25.3 Å². The van der Waals surface area contributed by atoms with E-state index in [4.69, 9.17) is 0 Å². The summed E-state index contributed by atoms with van der Waals surface area (Å²) >= 11 is 0. The molecule has 0 bridgehead atoms. The Morgan fingerprint density at radius 2 is 1.76 bits per heavy atom. The maximum Gasteiger partial charge on any atom is 0.261 e. The Bertz CT molecular complexity index is 1430. The molecule has 34 heavy (non-hydrogen) atoms. The third-order valence-electron chi connectivity index (χ3n) is 5.44. The molecule has 4 aromatic rings. The van der Waals surface area contributed by atoms with Gasteiger partial charge < -0.3 is 4.90 Å². The normalized spacial score (nSPS) is 11.3. The third-order valence-corrected chi connectivity index (χ3v) is 6.82. The third kappa shape index (κ3) is 5.18. The Hall–Kier alpha value is -3.91. The smallest absolute Gasteiger partial charge is 0.261 e. The molecule has 0 aliphatic heterocycles. The van der Waals surface area contributed by atoms with Gasteiger partial charge in [-0.1, -0.05) is 36.4 Å². The number of rotatable bonds is 7. The second-order valence-electron chi connectivity index (χ2n) is 8.24. The van der Waals surface area contributed by atoms with E-state index < -0.39 is 10.0 Å². The summed E-state index contributed by atoms with van der Waals surface area (Å²) in [5.41, 5.74) is 4.24. The average molecular weight is 475 g/mol. The van der Waals surface area contributed by atoms with Gasteiger partial charge in [0.1, 0.15) is 0 Å². The van der Waals surface area contributed by atoms with E-state index in [2.05, 4.69) is 9.82 Å². The SMILES string of the molecule is Cc1cccc(NS(=O)(=O)c2ccc(C)c(C(=O)N(C)Cc3cnn(-c4ccccc4)c3)c2)c1. The van der Waals surface area contributed by atoms with Gasteiger partial charge in [0.15, 0.2) is 0 Å². The summed E-state index contributed by atoms with van der Waals surface area (Å²) in [5, 5.41) is 4.37. The number of amides is 1. The first-order valence-corrected chi connectivity index (χ1v) is 12.3. The maximum absolute atomic E-state index is 13.2. The highest BCUT2D eigenvalue weighted by Gasteiger charge is 2.21. The number of sulfonamides is 1. The number of nitrogens with zero attached hydrogens (tertiary/aromatic N) is 3. The molecule has 1 N–H and O–H groups in total. The first-order valence-electron chi connectivity index (χ1n) is 10.8. The molecule has 0 radical (unpaired) electrons. The standard InChI is InChI=1S/C26H26N4O3S/c1-19-8-7-9-22(14-19)28-34(32,33)24-13-12-20(2)25(15-24)26(31)29(3)17-21-16-27-30(18-21)23-10-5-4-6-11-23/h4-16,18,28H,17H2,1-3H3. The molecule has 1 amide bonds. The van der Waals surface area contributed by atoms with Crippen LogP contribution in [0.1, 0.15) is 27.0 Å². The van der Waals surface area contributed by atoms with E-state index in [1.165, 1.54) is 12.1 Å². The van der Waals surface area contributed by atoms with E-state index in [9.17, 15) is 13.2 Å². The predicted molar refractivity (Wildman–Crippen MR) is 133 cm³/mol. The van der Waals surface area contributed by atoms with E-state index >= 15 is 0 Å². The van der Waals surface area contributed by atoms with Gasteiger partial charge in [-0.3, -0.25) is 9.52 Å². The summed E-state index contributed by atoms with van der Waals surface area (Å²) < 4.78 is 30.2. The van der Waals surface area contributed by atoms with E-state index in [0.29, 0.717) is 23.4 Å². The van der Waals surface area contributed by atoms with Crippen LogP contribution in [0.15, 0.2) is 90.1 Å². The van der Waals surface area contributed by atoms with Crippen molar-refractivity contribution in [2.75, 3.05) is 11.8 Å². The van der Waals surface area contributed by atoms with E-state index in [1.807, 2.05) is 49.5 Å². The highest BCUT2D eigenvalue weighted by atomic mass is 32.2. The van der Waals surface area contributed by atoms with Crippen LogP contribution in [-0.4, -0.2) is 36.1 Å². The number of nitrogens with one attached hydrogen (secondary N) is 1. The van der Waals surface area contributed by atoms with Gasteiger partial charge in [0.05, 0.1) is 16.8 Å². The minimum absolute atomic E-state index is 0.0354. The molecule has 1 heterocycles. The lowest BCUT2D eigenvalue weighted by Gasteiger charge is -2.18. The van der Waals surface area contributed by atoms with Gasteiger partial charge in [0.25, 0.3) is 15.9 Å². The number of carbonyl (C=O) groups excluding carboxylic acids is 1. The lowest BCUT2D eigenvalue weighted by atomic mass is 10.1. The molecule has 1 aromatic heterocycles. The fourth-order valence-electron chi connectivity index (χ4n) is 3.64. The zero-order valence-electron chi connectivity index (χ0n) is 19.3. The summed E-state index contributed by atoms with van der Waals surface area (Å²) in [6.45, 7) is 4.02. The molecule has 3 aromatic carbocycles. The molecule has 0 saturated carbocycles. The second-order valence-corrected chi connectivity index (χ2v) is 9.92. The molecule has 8 heteroatoms. The number of para-hydroxylation sites is 1. The summed E-state index contributed by atoms with van der Waals surface area (Å²) in [6, 6.07) is 21.4. The Kier molecular flexibility index (Phi) is 6.51. The molecule has 0 aliphatic rings. The van der Waals surface area contributed by atoms with Gasteiger partial charge in [0.2, 0.25) is 0 Å². The summed E-state index contributed by atoms with van der Waals surface area (Å²) in [5.74, 6) is -0.266. The van der Waals surface area contributed by atoms with E-state index in [-0.39, 0.29) is 10.8 Å². The molecular weight excluding hydrogens is 448 g/mol. The number of aryl methyl sites for hydroxylation is 2. The summed E-state index contributed by atoms with van der Waals surface area (Å²) in [6.07, 6.45) is 3.59. The van der Waals surface area contributed by atoms with Crippen LogP contribution in [0.2, 0.25) is 0 Å². The van der Waals surface area contributed by atoms with E-state index in [1.54, 1.807) is 54.0 Å². The van der Waals surface area contributed by atoms with Gasteiger partial charge in [-0.05, 0) is 61.4 Å². The monoisotopic (exact) mass is 474 g/mol. The zero-order valence-corrected chi connectivity index (χ0v) is 20.1. The van der Waals surface area contributed by atoms with Crippen molar-refractivity contribution in [1.29, 1.82) is 0 Å². The van der Waals surface area contributed by atoms with Crippen LogP contribution in [0.4, 0.5) is 5.69 Å². The van der Waals surface area contributed by atoms with Crippen molar-refractivity contribution >= 4 is 21.6 Å². The Labute approximate surface area is 199 Å². The van der Waals surface area contributed by atoms with Crippen LogP contribution >= 0.6 is 0 Å². The Balaban J connectivity index is 1.53. The molecule has 0 saturated heterocycles. The van der Waals surface area contributed by atoms with Crippen molar-refractivity contribution < 1.29 is 13.2 Å². The predicted octanol–water partition coefficient (Wildman–Crippen LogP) is 4.56. The number of hydrogen-bond acceptors (Lipinski definition) is 4. The van der Waals surface area contributed by atoms with Gasteiger partial charge in [0, 0.05) is 36.6 Å². The largest absolute Gasteiger partial charge is 0.337 e. The molecule has 0 aliphatic carbocycles. The molecule has 7 nitrogen and oxygen atoms in total. The minimum atomic E-state index is -3.85.